The van der Waals surface area contributed by atoms with Gasteiger partial charge in [0.15, 0.2) is 18.5 Å². The van der Waals surface area contributed by atoms with Crippen molar-refractivity contribution >= 4 is 23.9 Å². The number of aliphatic hydroxyl groups excluding tert-OH is 1. The number of rotatable bonds is 10. The second-order valence-electron chi connectivity index (χ2n) is 6.12. The Balaban J connectivity index is 3.10. The number of carbonyl (C=O) groups excluding carboxylic acids is 4. The number of carbonyl (C=O) groups is 4. The molecule has 0 amide bonds. The lowest BCUT2D eigenvalue weighted by Crippen LogP contribution is -2.58. The minimum atomic E-state index is -1.44. The van der Waals surface area contributed by atoms with Crippen molar-refractivity contribution in [3.8, 4) is 0 Å². The summed E-state index contributed by atoms with van der Waals surface area (Å²) in [5, 5.41) is 9.30. The first-order valence-corrected chi connectivity index (χ1v) is 9.55. The van der Waals surface area contributed by atoms with Gasteiger partial charge in [-0.3, -0.25) is 14.4 Å². The monoisotopic (exact) mass is 432 g/mol. The zero-order valence-electron chi connectivity index (χ0n) is 17.4. The zero-order chi connectivity index (χ0) is 22.7. The van der Waals surface area contributed by atoms with Gasteiger partial charge in [0.05, 0.1) is 6.61 Å². The van der Waals surface area contributed by atoms with Gasteiger partial charge in [0.25, 0.3) is 0 Å². The highest BCUT2D eigenvalue weighted by molar-refractivity contribution is 5.82. The van der Waals surface area contributed by atoms with E-state index >= 15 is 0 Å². The molecule has 5 atom stereocenters. The third-order valence-corrected chi connectivity index (χ3v) is 3.94. The van der Waals surface area contributed by atoms with E-state index in [0.29, 0.717) is 0 Å². The Kier molecular flexibility index (Phi) is 11.0. The standard InChI is InChI=1S/C19H28O11/c1-5-12(20)27-11-10-26-19(30-16(24)9-8-15(23)25-4)18(29-14(22)7-3)17(11)28-13(21)6-2/h8-9,11,15,17-19,23H,5-7,10H2,1-4H3/b9-8+/t11-,15?,17-,18-,19+/m1/s1. The van der Waals surface area contributed by atoms with Crippen LogP contribution in [-0.2, 0) is 47.6 Å². The average molecular weight is 432 g/mol. The topological polar surface area (TPSA) is 144 Å². The molecule has 0 aromatic heterocycles. The average Bonchev–Trinajstić information content (AvgIpc) is 2.74. The van der Waals surface area contributed by atoms with Crippen molar-refractivity contribution in [2.24, 2.45) is 0 Å². The molecular weight excluding hydrogens is 404 g/mol. The summed E-state index contributed by atoms with van der Waals surface area (Å²) >= 11 is 0. The predicted octanol–water partition coefficient (Wildman–Crippen LogP) is 0.372. The van der Waals surface area contributed by atoms with E-state index in [0.717, 1.165) is 12.2 Å². The van der Waals surface area contributed by atoms with Crippen LogP contribution in [0.2, 0.25) is 0 Å². The first-order chi connectivity index (χ1) is 14.2. The van der Waals surface area contributed by atoms with Crippen LogP contribution >= 0.6 is 0 Å². The Morgan fingerprint density at radius 2 is 1.47 bits per heavy atom. The Hall–Kier alpha value is -2.50. The van der Waals surface area contributed by atoms with Crippen LogP contribution in [0.1, 0.15) is 40.0 Å². The van der Waals surface area contributed by atoms with E-state index in [1.807, 2.05) is 0 Å². The summed E-state index contributed by atoms with van der Waals surface area (Å²) in [6.45, 7) is 4.42. The molecule has 1 heterocycles. The molecule has 0 bridgehead atoms. The van der Waals surface area contributed by atoms with Crippen molar-refractivity contribution in [2.75, 3.05) is 13.7 Å². The van der Waals surface area contributed by atoms with Gasteiger partial charge in [-0.2, -0.15) is 0 Å². The summed E-state index contributed by atoms with van der Waals surface area (Å²) in [7, 11) is 1.23. The van der Waals surface area contributed by atoms with Gasteiger partial charge in [-0.1, -0.05) is 20.8 Å². The van der Waals surface area contributed by atoms with Gasteiger partial charge in [-0.25, -0.2) is 4.79 Å². The van der Waals surface area contributed by atoms with E-state index in [4.69, 9.17) is 23.7 Å². The molecule has 1 aliphatic heterocycles. The molecule has 1 unspecified atom stereocenters. The molecule has 1 saturated heterocycles. The second-order valence-corrected chi connectivity index (χ2v) is 6.12. The lowest BCUT2D eigenvalue weighted by Gasteiger charge is -2.39. The lowest BCUT2D eigenvalue weighted by molar-refractivity contribution is -0.273. The molecule has 30 heavy (non-hydrogen) atoms. The van der Waals surface area contributed by atoms with Crippen molar-refractivity contribution < 1.29 is 52.7 Å². The Labute approximate surface area is 174 Å². The van der Waals surface area contributed by atoms with E-state index in [1.165, 1.54) is 7.11 Å². The Morgan fingerprint density at radius 1 is 0.933 bits per heavy atom. The Morgan fingerprint density at radius 3 is 2.00 bits per heavy atom. The molecule has 1 N–H and O–H groups in total. The summed E-state index contributed by atoms with van der Waals surface area (Å²) in [6.07, 6.45) is -4.46. The molecule has 0 aromatic carbocycles. The third-order valence-electron chi connectivity index (χ3n) is 3.94. The van der Waals surface area contributed by atoms with E-state index in [-0.39, 0.29) is 25.9 Å². The maximum Gasteiger partial charge on any atom is 0.333 e. The van der Waals surface area contributed by atoms with Crippen molar-refractivity contribution in [3.05, 3.63) is 12.2 Å². The molecule has 170 valence electrons. The van der Waals surface area contributed by atoms with Crippen LogP contribution in [0.15, 0.2) is 12.2 Å². The second kappa shape index (κ2) is 12.9. The lowest BCUT2D eigenvalue weighted by atomic mass is 10.0. The van der Waals surface area contributed by atoms with E-state index in [2.05, 4.69) is 4.74 Å². The van der Waals surface area contributed by atoms with Gasteiger partial charge in [0.1, 0.15) is 0 Å². The minimum absolute atomic E-state index is 0.00897. The van der Waals surface area contributed by atoms with Crippen LogP contribution in [0.4, 0.5) is 0 Å². The maximum absolute atomic E-state index is 12.0. The summed E-state index contributed by atoms with van der Waals surface area (Å²) in [4.78, 5) is 47.6. The highest BCUT2D eigenvalue weighted by atomic mass is 16.7. The zero-order valence-corrected chi connectivity index (χ0v) is 17.4. The van der Waals surface area contributed by atoms with Crippen LogP contribution in [-0.4, -0.2) is 73.6 Å². The predicted molar refractivity (Wildman–Crippen MR) is 98.5 cm³/mol. The van der Waals surface area contributed by atoms with Crippen molar-refractivity contribution in [3.63, 3.8) is 0 Å². The van der Waals surface area contributed by atoms with Gasteiger partial charge in [0, 0.05) is 32.4 Å². The minimum Gasteiger partial charge on any atom is -0.456 e. The molecule has 0 aromatic rings. The fourth-order valence-corrected chi connectivity index (χ4v) is 2.33. The molecule has 0 saturated carbocycles. The molecular formula is C19H28O11. The maximum atomic E-state index is 12.0. The van der Waals surface area contributed by atoms with Gasteiger partial charge >= 0.3 is 23.9 Å². The van der Waals surface area contributed by atoms with Gasteiger partial charge in [0.2, 0.25) is 12.4 Å². The molecule has 1 fully saturated rings. The number of hydrogen-bond acceptors (Lipinski definition) is 11. The number of esters is 4. The highest BCUT2D eigenvalue weighted by Gasteiger charge is 2.49. The van der Waals surface area contributed by atoms with Crippen molar-refractivity contribution in [2.45, 2.75) is 70.9 Å². The van der Waals surface area contributed by atoms with Crippen molar-refractivity contribution in [1.29, 1.82) is 0 Å². The quantitative estimate of drug-likeness (QED) is 0.221. The number of hydrogen-bond donors (Lipinski definition) is 1. The normalized spacial score (nSPS) is 24.7. The van der Waals surface area contributed by atoms with E-state index in [1.54, 1.807) is 20.8 Å². The number of methoxy groups -OCH3 is 1. The van der Waals surface area contributed by atoms with Crippen LogP contribution < -0.4 is 0 Å². The molecule has 1 aliphatic rings. The van der Waals surface area contributed by atoms with E-state index in [9.17, 15) is 24.3 Å². The van der Waals surface area contributed by atoms with Crippen LogP contribution in [0.3, 0.4) is 0 Å². The first kappa shape index (κ1) is 25.5. The van der Waals surface area contributed by atoms with Gasteiger partial charge in [-0.05, 0) is 6.08 Å². The van der Waals surface area contributed by atoms with Crippen LogP contribution in [0, 0.1) is 0 Å². The van der Waals surface area contributed by atoms with Gasteiger partial charge < -0.3 is 33.5 Å². The third kappa shape index (κ3) is 8.09. The Bertz CT molecular complexity index is 630. The molecule has 0 spiro atoms. The fourth-order valence-electron chi connectivity index (χ4n) is 2.33. The largest absolute Gasteiger partial charge is 0.456 e. The van der Waals surface area contributed by atoms with Crippen LogP contribution in [0.25, 0.3) is 0 Å². The molecule has 11 heteroatoms. The molecule has 0 radical (unpaired) electrons. The summed E-state index contributed by atoms with van der Waals surface area (Å²) < 4.78 is 31.0. The highest BCUT2D eigenvalue weighted by Crippen LogP contribution is 2.26. The summed E-state index contributed by atoms with van der Waals surface area (Å²) in [5.74, 6) is -2.81. The van der Waals surface area contributed by atoms with Crippen molar-refractivity contribution in [1.82, 2.24) is 0 Å². The summed E-state index contributed by atoms with van der Waals surface area (Å²) in [6, 6.07) is 0. The smallest absolute Gasteiger partial charge is 0.333 e. The number of ether oxygens (including phenoxy) is 6. The molecule has 11 nitrogen and oxygen atoms in total. The number of aliphatic hydroxyl groups is 1. The van der Waals surface area contributed by atoms with Gasteiger partial charge in [-0.15, -0.1) is 0 Å². The van der Waals surface area contributed by atoms with E-state index < -0.39 is 54.8 Å². The van der Waals surface area contributed by atoms with Crippen LogP contribution in [0.5, 0.6) is 0 Å². The summed E-state index contributed by atoms with van der Waals surface area (Å²) in [5.41, 5.74) is 0. The fraction of sp³-hybridized carbons (Fsp3) is 0.684. The molecule has 1 rings (SSSR count). The molecule has 0 aliphatic carbocycles. The SMILES string of the molecule is CCC(=O)O[C@H]1[C@H](OC(=O)/C=C/C(O)OC)OC[C@@H](OC(=O)CC)[C@H]1OC(=O)CC. The first-order valence-electron chi connectivity index (χ1n) is 9.55.